The molecule has 1 atom stereocenters. The van der Waals surface area contributed by atoms with Crippen molar-refractivity contribution in [1.82, 2.24) is 0 Å². The summed E-state index contributed by atoms with van der Waals surface area (Å²) in [6.07, 6.45) is 2.76. The maximum Gasteiger partial charge on any atom is 0.332 e. The number of Topliss-reactive ketones (excluding diaryl/α,β-unsaturated/α-hetero) is 1. The number of hydrogen-bond donors (Lipinski definition) is 2. The van der Waals surface area contributed by atoms with E-state index in [0.29, 0.717) is 0 Å². The van der Waals surface area contributed by atoms with Gasteiger partial charge in [-0.2, -0.15) is 0 Å². The molecule has 1 unspecified atom stereocenters. The number of unbranched alkanes of at least 4 members (excludes halogenated alkanes) is 1. The summed E-state index contributed by atoms with van der Waals surface area (Å²) in [5, 5.41) is 0. The fraction of sp³-hybridized carbons (Fsp3) is 0.889. The van der Waals surface area contributed by atoms with Gasteiger partial charge in [0.1, 0.15) is 11.9 Å². The molecule has 0 aliphatic carbocycles. The van der Waals surface area contributed by atoms with E-state index in [9.17, 15) is 9.36 Å². The third-order valence-corrected chi connectivity index (χ3v) is 2.77. The molecule has 0 aromatic heterocycles. The summed E-state index contributed by atoms with van der Waals surface area (Å²) in [6, 6.07) is 0. The zero-order valence-corrected chi connectivity index (χ0v) is 9.67. The summed E-state index contributed by atoms with van der Waals surface area (Å²) in [6.45, 7) is 4.01. The predicted octanol–water partition coefficient (Wildman–Crippen LogP) is 1.95. The Morgan fingerprint density at radius 1 is 1.43 bits per heavy atom. The van der Waals surface area contributed by atoms with Gasteiger partial charge >= 0.3 is 7.60 Å². The van der Waals surface area contributed by atoms with E-state index in [4.69, 9.17) is 9.79 Å². The first kappa shape index (κ1) is 13.8. The number of rotatable bonds is 7. The van der Waals surface area contributed by atoms with E-state index < -0.39 is 13.8 Å². The molecular weight excluding hydrogens is 203 g/mol. The summed E-state index contributed by atoms with van der Waals surface area (Å²) in [4.78, 5) is 28.3. The lowest BCUT2D eigenvalue weighted by Gasteiger charge is -2.09. The predicted molar refractivity (Wildman–Crippen MR) is 55.2 cm³/mol. The Bertz CT molecular complexity index is 221. The molecule has 84 valence electrons. The number of hydrogen-bond acceptors (Lipinski definition) is 2. The van der Waals surface area contributed by atoms with Gasteiger partial charge in [-0.25, -0.2) is 0 Å². The molecule has 0 bridgehead atoms. The van der Waals surface area contributed by atoms with Gasteiger partial charge in [0.15, 0.2) is 0 Å². The van der Waals surface area contributed by atoms with Gasteiger partial charge in [0.2, 0.25) is 0 Å². The minimum Gasteiger partial charge on any atom is -0.324 e. The Hall–Kier alpha value is -0.180. The topological polar surface area (TPSA) is 74.6 Å². The van der Waals surface area contributed by atoms with E-state index in [1.54, 1.807) is 0 Å². The molecule has 0 fully saturated rings. The van der Waals surface area contributed by atoms with Crippen LogP contribution in [0.4, 0.5) is 0 Å². The van der Waals surface area contributed by atoms with Crippen molar-refractivity contribution in [1.29, 1.82) is 0 Å². The Balaban J connectivity index is 3.77. The van der Waals surface area contributed by atoms with Gasteiger partial charge < -0.3 is 9.79 Å². The van der Waals surface area contributed by atoms with Crippen molar-refractivity contribution >= 4 is 13.4 Å². The largest absolute Gasteiger partial charge is 0.332 e. The van der Waals surface area contributed by atoms with Gasteiger partial charge in [-0.1, -0.05) is 33.1 Å². The molecule has 0 aromatic rings. The minimum atomic E-state index is -4.15. The molecule has 5 heteroatoms. The third kappa shape index (κ3) is 8.42. The molecule has 0 amide bonds. The second-order valence-electron chi connectivity index (χ2n) is 3.81. The molecule has 4 nitrogen and oxygen atoms in total. The van der Waals surface area contributed by atoms with Gasteiger partial charge in [-0.3, -0.25) is 9.36 Å². The average molecular weight is 222 g/mol. The smallest absolute Gasteiger partial charge is 0.324 e. The normalized spacial score (nSPS) is 14.0. The summed E-state index contributed by atoms with van der Waals surface area (Å²) < 4.78 is 10.5. The Morgan fingerprint density at radius 2 is 2.00 bits per heavy atom. The van der Waals surface area contributed by atoms with E-state index in [1.807, 2.05) is 6.92 Å². The van der Waals surface area contributed by atoms with Crippen LogP contribution >= 0.6 is 7.60 Å². The Kier molecular flexibility index (Phi) is 6.25. The van der Waals surface area contributed by atoms with Crippen molar-refractivity contribution in [3.63, 3.8) is 0 Å². The van der Waals surface area contributed by atoms with E-state index >= 15 is 0 Å². The quantitative estimate of drug-likeness (QED) is 0.645. The van der Waals surface area contributed by atoms with Gasteiger partial charge in [0, 0.05) is 6.42 Å². The highest BCUT2D eigenvalue weighted by Gasteiger charge is 2.20. The van der Waals surface area contributed by atoms with Gasteiger partial charge in [-0.15, -0.1) is 0 Å². The Morgan fingerprint density at radius 3 is 2.43 bits per heavy atom. The minimum absolute atomic E-state index is 0.231. The second-order valence-corrected chi connectivity index (χ2v) is 5.46. The fourth-order valence-corrected chi connectivity index (χ4v) is 1.93. The summed E-state index contributed by atoms with van der Waals surface area (Å²) in [5.74, 6) is -0.101. The van der Waals surface area contributed by atoms with Crippen molar-refractivity contribution < 1.29 is 19.1 Å². The summed E-state index contributed by atoms with van der Waals surface area (Å²) in [5.41, 5.74) is 0. The van der Waals surface area contributed by atoms with Crippen LogP contribution in [0.2, 0.25) is 0 Å². The summed E-state index contributed by atoms with van der Waals surface area (Å²) >= 11 is 0. The van der Waals surface area contributed by atoms with Crippen molar-refractivity contribution in [2.75, 3.05) is 6.16 Å². The lowest BCUT2D eigenvalue weighted by Crippen LogP contribution is -2.10. The highest BCUT2D eigenvalue weighted by atomic mass is 31.2. The van der Waals surface area contributed by atoms with Gasteiger partial charge in [-0.05, 0) is 5.92 Å². The van der Waals surface area contributed by atoms with Crippen molar-refractivity contribution in [3.8, 4) is 0 Å². The number of carbonyl (C=O) groups excluding carboxylic acids is 1. The van der Waals surface area contributed by atoms with Crippen LogP contribution in [-0.2, 0) is 9.36 Å². The molecule has 0 aromatic carbocycles. The van der Waals surface area contributed by atoms with E-state index in [-0.39, 0.29) is 18.1 Å². The molecule has 0 heterocycles. The van der Waals surface area contributed by atoms with Crippen LogP contribution in [0.1, 0.15) is 39.5 Å². The van der Waals surface area contributed by atoms with Gasteiger partial charge in [0.25, 0.3) is 0 Å². The monoisotopic (exact) mass is 222 g/mol. The molecule has 2 N–H and O–H groups in total. The van der Waals surface area contributed by atoms with Crippen LogP contribution in [0.25, 0.3) is 0 Å². The number of ketones is 1. The SMILES string of the molecule is CCCCC(C)CC(=O)CP(=O)(O)O. The molecule has 0 saturated carbocycles. The molecule has 0 aliphatic rings. The van der Waals surface area contributed by atoms with Crippen LogP contribution in [0.5, 0.6) is 0 Å². The second kappa shape index (κ2) is 6.33. The van der Waals surface area contributed by atoms with E-state index in [2.05, 4.69) is 6.92 Å². The Labute approximate surface area is 84.9 Å². The van der Waals surface area contributed by atoms with Crippen LogP contribution < -0.4 is 0 Å². The fourth-order valence-electron chi connectivity index (χ4n) is 1.34. The average Bonchev–Trinajstić information content (AvgIpc) is 1.96. The molecule has 0 radical (unpaired) electrons. The molecule has 14 heavy (non-hydrogen) atoms. The standard InChI is InChI=1S/C9H19O4P/c1-3-4-5-8(2)6-9(10)7-14(11,12)13/h8H,3-7H2,1-2H3,(H2,11,12,13). The molecule has 0 saturated heterocycles. The zero-order chi connectivity index (χ0) is 11.2. The maximum atomic E-state index is 11.1. The van der Waals surface area contributed by atoms with Crippen LogP contribution in [0.3, 0.4) is 0 Å². The van der Waals surface area contributed by atoms with Crippen LogP contribution in [0.15, 0.2) is 0 Å². The molecule has 0 aliphatic heterocycles. The van der Waals surface area contributed by atoms with Crippen LogP contribution in [-0.4, -0.2) is 21.7 Å². The van der Waals surface area contributed by atoms with Crippen LogP contribution in [0, 0.1) is 5.92 Å². The number of carbonyl (C=O) groups is 1. The lowest BCUT2D eigenvalue weighted by molar-refractivity contribution is -0.117. The van der Waals surface area contributed by atoms with Gasteiger partial charge in [0.05, 0.1) is 0 Å². The highest BCUT2D eigenvalue weighted by Crippen LogP contribution is 2.34. The molecular formula is C9H19O4P. The first-order valence-electron chi connectivity index (χ1n) is 4.91. The molecule has 0 spiro atoms. The highest BCUT2D eigenvalue weighted by molar-refractivity contribution is 7.52. The van der Waals surface area contributed by atoms with E-state index in [0.717, 1.165) is 19.3 Å². The first-order valence-corrected chi connectivity index (χ1v) is 6.71. The molecule has 0 rings (SSSR count). The van der Waals surface area contributed by atoms with Crippen molar-refractivity contribution in [2.24, 2.45) is 5.92 Å². The zero-order valence-electron chi connectivity index (χ0n) is 8.77. The third-order valence-electron chi connectivity index (χ3n) is 2.01. The first-order chi connectivity index (χ1) is 6.35. The van der Waals surface area contributed by atoms with Crippen molar-refractivity contribution in [2.45, 2.75) is 39.5 Å². The van der Waals surface area contributed by atoms with Crippen molar-refractivity contribution in [3.05, 3.63) is 0 Å². The van der Waals surface area contributed by atoms with E-state index in [1.165, 1.54) is 0 Å². The summed E-state index contributed by atoms with van der Waals surface area (Å²) in [7, 11) is -4.15. The lowest BCUT2D eigenvalue weighted by atomic mass is 9.99. The maximum absolute atomic E-state index is 11.1.